The Morgan fingerprint density at radius 3 is 2.81 bits per heavy atom. The average molecular weight is 213 g/mol. The normalized spacial score (nSPS) is 18.0. The van der Waals surface area contributed by atoms with Crippen LogP contribution in [-0.4, -0.2) is 0 Å². The summed E-state index contributed by atoms with van der Waals surface area (Å²) in [5.74, 6) is 0.869. The number of hydrogen-bond acceptors (Lipinski definition) is 0. The maximum Gasteiger partial charge on any atom is -0.0149 e. The minimum Gasteiger partial charge on any atom is -0.0879 e. The van der Waals surface area contributed by atoms with Gasteiger partial charge in [-0.3, -0.25) is 0 Å². The van der Waals surface area contributed by atoms with Gasteiger partial charge in [-0.05, 0) is 43.2 Å². The average Bonchev–Trinajstić information content (AvgIpc) is 2.37. The molecule has 0 saturated heterocycles. The van der Waals surface area contributed by atoms with Crippen LogP contribution in [0.25, 0.3) is 0 Å². The maximum atomic E-state index is 3.27. The molecule has 0 heterocycles. The number of rotatable bonds is 4. The molecule has 16 heavy (non-hydrogen) atoms. The molecular weight excluding hydrogens is 192 g/mol. The highest BCUT2D eigenvalue weighted by Crippen LogP contribution is 2.24. The van der Waals surface area contributed by atoms with Crippen LogP contribution < -0.4 is 0 Å². The summed E-state index contributed by atoms with van der Waals surface area (Å²) in [6.07, 6.45) is 14.2. The van der Waals surface area contributed by atoms with E-state index in [0.717, 1.165) is 18.8 Å². The Balaban J connectivity index is 1.69. The molecule has 1 aromatic carbocycles. The molecule has 0 atom stereocenters. The zero-order valence-corrected chi connectivity index (χ0v) is 9.99. The van der Waals surface area contributed by atoms with Crippen LogP contribution in [0.5, 0.6) is 0 Å². The van der Waals surface area contributed by atoms with Gasteiger partial charge in [0.15, 0.2) is 0 Å². The Morgan fingerprint density at radius 2 is 2.06 bits per heavy atom. The highest BCUT2D eigenvalue weighted by Gasteiger charge is 2.09. The van der Waals surface area contributed by atoms with Gasteiger partial charge < -0.3 is 0 Å². The van der Waals surface area contributed by atoms with Crippen molar-refractivity contribution in [3.63, 3.8) is 0 Å². The van der Waals surface area contributed by atoms with Gasteiger partial charge in [0.2, 0.25) is 0 Å². The second kappa shape index (κ2) is 6.52. The van der Waals surface area contributed by atoms with Crippen LogP contribution in [0.15, 0.2) is 36.4 Å². The molecule has 0 unspecified atom stereocenters. The van der Waals surface area contributed by atoms with E-state index in [1.165, 1.54) is 37.7 Å². The van der Waals surface area contributed by atoms with Gasteiger partial charge in [0, 0.05) is 0 Å². The fourth-order valence-corrected chi connectivity index (χ4v) is 2.44. The van der Waals surface area contributed by atoms with Crippen LogP contribution in [-0.2, 0) is 6.42 Å². The zero-order valence-electron chi connectivity index (χ0n) is 9.99. The first-order valence-corrected chi connectivity index (χ1v) is 6.57. The Kier molecular flexibility index (Phi) is 4.67. The molecule has 1 aromatic rings. The lowest BCUT2D eigenvalue weighted by atomic mass is 9.89. The van der Waals surface area contributed by atoms with Gasteiger partial charge in [-0.25, -0.2) is 0 Å². The van der Waals surface area contributed by atoms with Crippen molar-refractivity contribution in [3.8, 4) is 0 Å². The first-order valence-electron chi connectivity index (χ1n) is 6.57. The number of hydrogen-bond donors (Lipinski definition) is 0. The molecule has 1 radical (unpaired) electrons. The topological polar surface area (TPSA) is 0 Å². The highest BCUT2D eigenvalue weighted by atomic mass is 14.1. The molecule has 0 heteroatoms. The first-order chi connectivity index (χ1) is 7.95. The van der Waals surface area contributed by atoms with E-state index in [-0.39, 0.29) is 0 Å². The van der Waals surface area contributed by atoms with Gasteiger partial charge in [0.1, 0.15) is 0 Å². The van der Waals surface area contributed by atoms with Gasteiger partial charge in [0.25, 0.3) is 0 Å². The van der Waals surface area contributed by atoms with E-state index >= 15 is 0 Å². The fourth-order valence-electron chi connectivity index (χ4n) is 2.44. The number of allylic oxidation sites excluding steroid dienone is 2. The van der Waals surface area contributed by atoms with Gasteiger partial charge in [-0.1, -0.05) is 55.7 Å². The zero-order chi connectivity index (χ0) is 11.1. The van der Waals surface area contributed by atoms with E-state index in [0.29, 0.717) is 0 Å². The van der Waals surface area contributed by atoms with Crippen LogP contribution in [0.1, 0.15) is 44.1 Å². The Hall–Kier alpha value is -1.04. The third-order valence-corrected chi connectivity index (χ3v) is 3.41. The fraction of sp³-hybridized carbons (Fsp3) is 0.500. The third kappa shape index (κ3) is 3.84. The predicted octanol–water partition coefficient (Wildman–Crippen LogP) is 4.56. The van der Waals surface area contributed by atoms with Crippen molar-refractivity contribution in [2.75, 3.05) is 0 Å². The second-order valence-electron chi connectivity index (χ2n) is 4.75. The molecule has 1 saturated carbocycles. The van der Waals surface area contributed by atoms with Gasteiger partial charge in [-0.15, -0.1) is 0 Å². The summed E-state index contributed by atoms with van der Waals surface area (Å²) in [7, 11) is 0. The Labute approximate surface area is 99.4 Å². The van der Waals surface area contributed by atoms with E-state index in [9.17, 15) is 0 Å². The Bertz CT molecular complexity index is 304. The van der Waals surface area contributed by atoms with Crippen LogP contribution in [0.3, 0.4) is 0 Å². The molecule has 0 aliphatic heterocycles. The minimum atomic E-state index is 0.869. The minimum absolute atomic E-state index is 0.869. The van der Waals surface area contributed by atoms with Crippen molar-refractivity contribution >= 4 is 0 Å². The number of benzene rings is 1. The molecular formula is C16H21. The molecule has 0 N–H and O–H groups in total. The van der Waals surface area contributed by atoms with Gasteiger partial charge >= 0.3 is 0 Å². The van der Waals surface area contributed by atoms with E-state index < -0.39 is 0 Å². The molecule has 1 aliphatic rings. The van der Waals surface area contributed by atoms with E-state index in [1.807, 2.05) is 12.1 Å². The molecule has 2 rings (SSSR count). The lowest BCUT2D eigenvalue weighted by molar-refractivity contribution is 0.419. The van der Waals surface area contributed by atoms with E-state index in [4.69, 9.17) is 0 Å². The van der Waals surface area contributed by atoms with Crippen LogP contribution in [0.4, 0.5) is 0 Å². The van der Waals surface area contributed by atoms with Crippen molar-refractivity contribution in [3.05, 3.63) is 48.0 Å². The van der Waals surface area contributed by atoms with Crippen LogP contribution >= 0.6 is 0 Å². The molecule has 85 valence electrons. The van der Waals surface area contributed by atoms with E-state index in [1.54, 1.807) is 0 Å². The molecule has 1 fully saturated rings. The SMILES string of the molecule is [c]1ccccc1CC/C=C/C1CCCCC1. The molecule has 0 nitrogen and oxygen atoms in total. The van der Waals surface area contributed by atoms with Crippen molar-refractivity contribution in [2.45, 2.75) is 44.9 Å². The summed E-state index contributed by atoms with van der Waals surface area (Å²) in [5, 5.41) is 0. The largest absolute Gasteiger partial charge is 0.0879 e. The van der Waals surface area contributed by atoms with Crippen molar-refractivity contribution in [2.24, 2.45) is 5.92 Å². The molecule has 1 aliphatic carbocycles. The lowest BCUT2D eigenvalue weighted by Gasteiger charge is -2.17. The van der Waals surface area contributed by atoms with Crippen molar-refractivity contribution < 1.29 is 0 Å². The summed E-state index contributed by atoms with van der Waals surface area (Å²) in [6, 6.07) is 11.6. The predicted molar refractivity (Wildman–Crippen MR) is 69.3 cm³/mol. The summed E-state index contributed by atoms with van der Waals surface area (Å²) < 4.78 is 0. The van der Waals surface area contributed by atoms with Crippen molar-refractivity contribution in [1.29, 1.82) is 0 Å². The van der Waals surface area contributed by atoms with E-state index in [2.05, 4.69) is 30.4 Å². The first kappa shape index (κ1) is 11.4. The molecule has 0 aromatic heterocycles. The smallest absolute Gasteiger partial charge is 0.0149 e. The van der Waals surface area contributed by atoms with Gasteiger partial charge in [-0.2, -0.15) is 0 Å². The summed E-state index contributed by atoms with van der Waals surface area (Å²) in [5.41, 5.74) is 1.33. The highest BCUT2D eigenvalue weighted by molar-refractivity contribution is 5.13. The molecule has 0 amide bonds. The second-order valence-corrected chi connectivity index (χ2v) is 4.75. The third-order valence-electron chi connectivity index (χ3n) is 3.41. The molecule has 0 spiro atoms. The monoisotopic (exact) mass is 213 g/mol. The standard InChI is InChI=1S/C16H21/c1-3-9-15(10-4-1)13-7-8-14-16-11-5-2-6-12-16/h1,3-4,8-9,14,16H,2,5-7,11-13H2/b14-8+. The van der Waals surface area contributed by atoms with Crippen LogP contribution in [0, 0.1) is 12.0 Å². The quantitative estimate of drug-likeness (QED) is 0.643. The summed E-state index contributed by atoms with van der Waals surface area (Å²) in [6.45, 7) is 0. The molecule has 0 bridgehead atoms. The number of aryl methyl sites for hydroxylation is 1. The summed E-state index contributed by atoms with van der Waals surface area (Å²) in [4.78, 5) is 0. The summed E-state index contributed by atoms with van der Waals surface area (Å²) >= 11 is 0. The van der Waals surface area contributed by atoms with Gasteiger partial charge in [0.05, 0.1) is 0 Å². The van der Waals surface area contributed by atoms with Crippen molar-refractivity contribution in [1.82, 2.24) is 0 Å². The Morgan fingerprint density at radius 1 is 1.19 bits per heavy atom. The lowest BCUT2D eigenvalue weighted by Crippen LogP contribution is -2.02. The maximum absolute atomic E-state index is 3.27. The van der Waals surface area contributed by atoms with Crippen LogP contribution in [0.2, 0.25) is 0 Å².